The number of rotatable bonds is 3. The zero-order valence-electron chi connectivity index (χ0n) is 15.4. The molecule has 0 radical (unpaired) electrons. The summed E-state index contributed by atoms with van der Waals surface area (Å²) in [4.78, 5) is 12.3. The predicted molar refractivity (Wildman–Crippen MR) is 101 cm³/mol. The number of hydrazone groups is 1. The average Bonchev–Trinajstić information content (AvgIpc) is 2.52. The molecule has 128 valence electrons. The van der Waals surface area contributed by atoms with Crippen molar-refractivity contribution in [2.75, 3.05) is 0 Å². The first-order valence-corrected chi connectivity index (χ1v) is 8.48. The van der Waals surface area contributed by atoms with E-state index in [0.29, 0.717) is 11.5 Å². The van der Waals surface area contributed by atoms with Crippen molar-refractivity contribution in [3.63, 3.8) is 0 Å². The smallest absolute Gasteiger partial charge is 0.267 e. The molecule has 0 saturated carbocycles. The average molecular weight is 324 g/mol. The molecule has 1 atom stereocenters. The zero-order chi connectivity index (χ0) is 17.9. The van der Waals surface area contributed by atoms with Crippen LogP contribution in [0.2, 0.25) is 0 Å². The lowest BCUT2D eigenvalue weighted by Crippen LogP contribution is -2.23. The molecule has 3 nitrogen and oxygen atoms in total. The maximum Gasteiger partial charge on any atom is 0.271 e. The minimum Gasteiger partial charge on any atom is -0.267 e. The Balaban J connectivity index is 2.08. The lowest BCUT2D eigenvalue weighted by Gasteiger charge is -2.22. The molecule has 1 aromatic rings. The molecular formula is C21H28N2O. The number of carbonyl (C=O) groups is 1. The lowest BCUT2D eigenvalue weighted by atomic mass is 9.85. The topological polar surface area (TPSA) is 41.5 Å². The lowest BCUT2D eigenvalue weighted by molar-refractivity contribution is 0.0954. The van der Waals surface area contributed by atoms with Gasteiger partial charge in [0.25, 0.3) is 5.91 Å². The van der Waals surface area contributed by atoms with Gasteiger partial charge in [-0.3, -0.25) is 4.79 Å². The Bertz CT molecular complexity index is 688. The predicted octanol–water partition coefficient (Wildman–Crippen LogP) is 5.00. The number of carbonyl (C=O) groups excluding carboxylic acids is 1. The summed E-state index contributed by atoms with van der Waals surface area (Å²) in [6.45, 7) is 14.6. The van der Waals surface area contributed by atoms with Crippen molar-refractivity contribution in [2.24, 2.45) is 11.0 Å². The molecule has 3 heteroatoms. The molecule has 0 fully saturated rings. The first kappa shape index (κ1) is 18.2. The summed E-state index contributed by atoms with van der Waals surface area (Å²) in [5.41, 5.74) is 7.85. The largest absolute Gasteiger partial charge is 0.271 e. The molecule has 1 aromatic carbocycles. The van der Waals surface area contributed by atoms with Crippen LogP contribution in [0, 0.1) is 5.92 Å². The standard InChI is InChI=1S/C21H28N2O/c1-14(2)17-8-7-15(3)19(13-17)22-23-20(24)16-9-11-18(12-10-16)21(4,5)6/h7,9-12,17H,1,8,13H2,2-6H3,(H,23,24)/t17-/m0/s1. The van der Waals surface area contributed by atoms with Crippen molar-refractivity contribution in [3.8, 4) is 0 Å². The Labute approximate surface area is 145 Å². The van der Waals surface area contributed by atoms with Crippen LogP contribution in [0.5, 0.6) is 0 Å². The highest BCUT2D eigenvalue weighted by molar-refractivity contribution is 6.02. The van der Waals surface area contributed by atoms with E-state index in [1.165, 1.54) is 5.56 Å². The van der Waals surface area contributed by atoms with Crippen LogP contribution >= 0.6 is 0 Å². The van der Waals surface area contributed by atoms with Crippen molar-refractivity contribution >= 4 is 11.6 Å². The maximum atomic E-state index is 12.3. The van der Waals surface area contributed by atoms with Crippen molar-refractivity contribution in [1.29, 1.82) is 0 Å². The third kappa shape index (κ3) is 4.44. The molecule has 1 aliphatic rings. The van der Waals surface area contributed by atoms with Crippen LogP contribution in [-0.4, -0.2) is 11.6 Å². The Kier molecular flexibility index (Phi) is 5.43. The van der Waals surface area contributed by atoms with Gasteiger partial charge in [0, 0.05) is 5.56 Å². The third-order valence-electron chi connectivity index (χ3n) is 4.61. The summed E-state index contributed by atoms with van der Waals surface area (Å²) in [6, 6.07) is 7.72. The number of hydrogen-bond acceptors (Lipinski definition) is 2. The summed E-state index contributed by atoms with van der Waals surface area (Å²) in [5.74, 6) is 0.239. The quantitative estimate of drug-likeness (QED) is 0.617. The van der Waals surface area contributed by atoms with Crippen molar-refractivity contribution in [3.05, 3.63) is 59.2 Å². The second-order valence-corrected chi connectivity index (χ2v) is 7.70. The van der Waals surface area contributed by atoms with Crippen LogP contribution in [0.3, 0.4) is 0 Å². The van der Waals surface area contributed by atoms with Gasteiger partial charge in [-0.15, -0.1) is 0 Å². The zero-order valence-corrected chi connectivity index (χ0v) is 15.4. The van der Waals surface area contributed by atoms with Gasteiger partial charge in [-0.1, -0.05) is 51.1 Å². The molecule has 0 aliphatic heterocycles. The summed E-state index contributed by atoms with van der Waals surface area (Å²) >= 11 is 0. The molecule has 24 heavy (non-hydrogen) atoms. The van der Waals surface area contributed by atoms with Crippen LogP contribution in [0.15, 0.2) is 53.2 Å². The van der Waals surface area contributed by atoms with Gasteiger partial charge in [0.05, 0.1) is 5.71 Å². The minimum atomic E-state index is -0.173. The second kappa shape index (κ2) is 7.16. The first-order valence-electron chi connectivity index (χ1n) is 8.48. The number of hydrogen-bond donors (Lipinski definition) is 1. The van der Waals surface area contributed by atoms with E-state index in [0.717, 1.165) is 29.7 Å². The van der Waals surface area contributed by atoms with Crippen LogP contribution < -0.4 is 5.43 Å². The fourth-order valence-corrected chi connectivity index (χ4v) is 2.73. The van der Waals surface area contributed by atoms with E-state index >= 15 is 0 Å². The summed E-state index contributed by atoms with van der Waals surface area (Å²) in [5, 5.41) is 4.35. The molecule has 0 aromatic heterocycles. The van der Waals surface area contributed by atoms with E-state index < -0.39 is 0 Å². The Hall–Kier alpha value is -2.16. The maximum absolute atomic E-state index is 12.3. The van der Waals surface area contributed by atoms with E-state index in [-0.39, 0.29) is 11.3 Å². The highest BCUT2D eigenvalue weighted by Gasteiger charge is 2.19. The van der Waals surface area contributed by atoms with Gasteiger partial charge in [0.1, 0.15) is 0 Å². The third-order valence-corrected chi connectivity index (χ3v) is 4.61. The van der Waals surface area contributed by atoms with E-state index in [2.05, 4.69) is 44.0 Å². The van der Waals surface area contributed by atoms with Crippen LogP contribution in [0.1, 0.15) is 63.4 Å². The van der Waals surface area contributed by atoms with Gasteiger partial charge in [-0.25, -0.2) is 5.43 Å². The molecule has 0 heterocycles. The van der Waals surface area contributed by atoms with Crippen molar-refractivity contribution in [2.45, 2.75) is 52.9 Å². The van der Waals surface area contributed by atoms with Crippen molar-refractivity contribution < 1.29 is 4.79 Å². The van der Waals surface area contributed by atoms with E-state index in [4.69, 9.17) is 0 Å². The molecule has 0 unspecified atom stereocenters. The Morgan fingerprint density at radius 1 is 1.25 bits per heavy atom. The molecule has 2 rings (SSSR count). The SMILES string of the molecule is C=C(C)[C@H]1CC=C(C)C(=NNC(=O)c2ccc(C(C)(C)C)cc2)C1. The molecule has 1 aliphatic carbocycles. The number of benzene rings is 1. The van der Waals surface area contributed by atoms with E-state index in [1.54, 1.807) is 0 Å². The molecular weight excluding hydrogens is 296 g/mol. The monoisotopic (exact) mass is 324 g/mol. The minimum absolute atomic E-state index is 0.0802. The van der Waals surface area contributed by atoms with Gasteiger partial charge in [0.2, 0.25) is 0 Å². The fourth-order valence-electron chi connectivity index (χ4n) is 2.73. The van der Waals surface area contributed by atoms with Gasteiger partial charge < -0.3 is 0 Å². The van der Waals surface area contributed by atoms with Crippen LogP contribution in [0.4, 0.5) is 0 Å². The molecule has 0 spiro atoms. The van der Waals surface area contributed by atoms with Gasteiger partial charge in [-0.05, 0) is 61.3 Å². The number of nitrogens with zero attached hydrogens (tertiary/aromatic N) is 1. The molecule has 1 N–H and O–H groups in total. The highest BCUT2D eigenvalue weighted by Crippen LogP contribution is 2.26. The first-order chi connectivity index (χ1) is 11.2. The van der Waals surface area contributed by atoms with Crippen LogP contribution in [-0.2, 0) is 5.41 Å². The number of amides is 1. The normalized spacial score (nSPS) is 19.8. The fraction of sp³-hybridized carbons (Fsp3) is 0.429. The molecule has 0 saturated heterocycles. The molecule has 0 bridgehead atoms. The van der Waals surface area contributed by atoms with Crippen LogP contribution in [0.25, 0.3) is 0 Å². The number of nitrogens with one attached hydrogen (secondary N) is 1. The van der Waals surface area contributed by atoms with E-state index in [9.17, 15) is 4.79 Å². The number of allylic oxidation sites excluding steroid dienone is 3. The summed E-state index contributed by atoms with van der Waals surface area (Å²) in [7, 11) is 0. The second-order valence-electron chi connectivity index (χ2n) is 7.70. The van der Waals surface area contributed by atoms with Crippen molar-refractivity contribution in [1.82, 2.24) is 5.43 Å². The summed E-state index contributed by atoms with van der Waals surface area (Å²) < 4.78 is 0. The van der Waals surface area contributed by atoms with E-state index in [1.807, 2.05) is 38.1 Å². The van der Waals surface area contributed by atoms with Gasteiger partial charge in [0.15, 0.2) is 0 Å². The van der Waals surface area contributed by atoms with Gasteiger partial charge in [-0.2, -0.15) is 5.10 Å². The van der Waals surface area contributed by atoms with Gasteiger partial charge >= 0.3 is 0 Å². The Morgan fingerprint density at radius 2 is 1.88 bits per heavy atom. The molecule has 1 amide bonds. The summed E-state index contributed by atoms with van der Waals surface area (Å²) in [6.07, 6.45) is 4.01. The highest BCUT2D eigenvalue weighted by atomic mass is 16.2. The Morgan fingerprint density at radius 3 is 2.42 bits per heavy atom.